The van der Waals surface area contributed by atoms with Gasteiger partial charge in [-0.1, -0.05) is 13.3 Å². The first kappa shape index (κ1) is 15.3. The summed E-state index contributed by atoms with van der Waals surface area (Å²) in [6.07, 6.45) is 1.60. The molecular formula is C15H19FN2O3. The molecule has 1 atom stereocenters. The van der Waals surface area contributed by atoms with E-state index < -0.39 is 11.9 Å². The smallest absolute Gasteiger partial charge is 0.249 e. The number of rotatable bonds is 4. The molecule has 0 aliphatic carbocycles. The van der Waals surface area contributed by atoms with Crippen LogP contribution in [0.25, 0.3) is 0 Å². The van der Waals surface area contributed by atoms with Crippen LogP contribution in [-0.2, 0) is 9.59 Å². The standard InChI is InChI=1S/C15H19FN2O3/c1-3-4-12-15(20)18(8-7-14(19)17-12)10-5-6-11(16)13(9-10)21-2/h5-6,9,12H,3-4,7-8H2,1-2H3,(H,17,19). The fraction of sp³-hybridized carbons (Fsp3) is 0.467. The van der Waals surface area contributed by atoms with Crippen LogP contribution in [0, 0.1) is 5.82 Å². The third-order valence-electron chi connectivity index (χ3n) is 3.49. The van der Waals surface area contributed by atoms with Crippen LogP contribution in [0.5, 0.6) is 5.75 Å². The Morgan fingerprint density at radius 1 is 1.43 bits per heavy atom. The number of hydrogen-bond acceptors (Lipinski definition) is 3. The van der Waals surface area contributed by atoms with Crippen LogP contribution >= 0.6 is 0 Å². The minimum absolute atomic E-state index is 0.0795. The zero-order valence-corrected chi connectivity index (χ0v) is 12.2. The highest BCUT2D eigenvalue weighted by Crippen LogP contribution is 2.26. The average Bonchev–Trinajstić information content (AvgIpc) is 2.60. The van der Waals surface area contributed by atoms with E-state index in [1.54, 1.807) is 0 Å². The van der Waals surface area contributed by atoms with Crippen molar-refractivity contribution in [2.75, 3.05) is 18.6 Å². The van der Waals surface area contributed by atoms with Gasteiger partial charge in [0.2, 0.25) is 11.8 Å². The second-order valence-corrected chi connectivity index (χ2v) is 4.97. The Balaban J connectivity index is 2.32. The van der Waals surface area contributed by atoms with Gasteiger partial charge in [0.1, 0.15) is 6.04 Å². The summed E-state index contributed by atoms with van der Waals surface area (Å²) in [7, 11) is 1.37. The van der Waals surface area contributed by atoms with E-state index in [0.29, 0.717) is 12.1 Å². The maximum atomic E-state index is 13.5. The summed E-state index contributed by atoms with van der Waals surface area (Å²) >= 11 is 0. The highest BCUT2D eigenvalue weighted by atomic mass is 19.1. The van der Waals surface area contributed by atoms with E-state index in [9.17, 15) is 14.0 Å². The van der Waals surface area contributed by atoms with E-state index in [2.05, 4.69) is 5.32 Å². The lowest BCUT2D eigenvalue weighted by atomic mass is 10.1. The fourth-order valence-corrected chi connectivity index (χ4v) is 2.40. The van der Waals surface area contributed by atoms with Gasteiger partial charge < -0.3 is 15.0 Å². The van der Waals surface area contributed by atoms with Gasteiger partial charge in [0.25, 0.3) is 0 Å². The number of nitrogens with one attached hydrogen (secondary N) is 1. The molecule has 114 valence electrons. The van der Waals surface area contributed by atoms with Crippen molar-refractivity contribution in [3.05, 3.63) is 24.0 Å². The Kier molecular flexibility index (Phi) is 4.77. The molecule has 1 aliphatic rings. The second kappa shape index (κ2) is 6.56. The normalized spacial score (nSPS) is 19.2. The molecule has 1 heterocycles. The van der Waals surface area contributed by atoms with E-state index in [1.165, 1.54) is 30.2 Å². The van der Waals surface area contributed by atoms with Gasteiger partial charge in [-0.25, -0.2) is 4.39 Å². The van der Waals surface area contributed by atoms with Crippen LogP contribution in [0.3, 0.4) is 0 Å². The molecule has 0 bridgehead atoms. The third kappa shape index (κ3) is 3.32. The van der Waals surface area contributed by atoms with Gasteiger partial charge in [-0.05, 0) is 18.6 Å². The number of carbonyl (C=O) groups excluding carboxylic acids is 2. The first-order valence-electron chi connectivity index (χ1n) is 7.01. The summed E-state index contributed by atoms with van der Waals surface area (Å²) in [6, 6.07) is 3.73. The van der Waals surface area contributed by atoms with Crippen LogP contribution in [0.4, 0.5) is 10.1 Å². The molecule has 2 amide bonds. The predicted molar refractivity (Wildman–Crippen MR) is 76.8 cm³/mol. The van der Waals surface area contributed by atoms with Crippen LogP contribution in [0.2, 0.25) is 0 Å². The van der Waals surface area contributed by atoms with E-state index in [4.69, 9.17) is 4.74 Å². The fourth-order valence-electron chi connectivity index (χ4n) is 2.40. The lowest BCUT2D eigenvalue weighted by molar-refractivity contribution is -0.125. The Hall–Kier alpha value is -2.11. The quantitative estimate of drug-likeness (QED) is 0.922. The minimum Gasteiger partial charge on any atom is -0.494 e. The number of amides is 2. The number of hydrogen-bond donors (Lipinski definition) is 1. The van der Waals surface area contributed by atoms with E-state index >= 15 is 0 Å². The molecule has 1 aromatic rings. The zero-order valence-electron chi connectivity index (χ0n) is 12.2. The van der Waals surface area contributed by atoms with Crippen molar-refractivity contribution in [1.82, 2.24) is 5.32 Å². The molecule has 1 aromatic carbocycles. The van der Waals surface area contributed by atoms with Gasteiger partial charge in [-0.3, -0.25) is 9.59 Å². The SMILES string of the molecule is CCCC1NC(=O)CCN(c2ccc(F)c(OC)c2)C1=O. The van der Waals surface area contributed by atoms with Gasteiger partial charge in [0.15, 0.2) is 11.6 Å². The Labute approximate surface area is 123 Å². The van der Waals surface area contributed by atoms with Crippen molar-refractivity contribution in [2.45, 2.75) is 32.2 Å². The summed E-state index contributed by atoms with van der Waals surface area (Å²) in [5, 5.41) is 2.73. The van der Waals surface area contributed by atoms with Crippen molar-refractivity contribution in [1.29, 1.82) is 0 Å². The number of methoxy groups -OCH3 is 1. The summed E-state index contributed by atoms with van der Waals surface area (Å²) in [6.45, 7) is 2.23. The van der Waals surface area contributed by atoms with Gasteiger partial charge >= 0.3 is 0 Å². The molecule has 5 nitrogen and oxygen atoms in total. The lowest BCUT2D eigenvalue weighted by Crippen LogP contribution is -2.44. The van der Waals surface area contributed by atoms with Crippen LogP contribution in [0.1, 0.15) is 26.2 Å². The minimum atomic E-state index is -0.527. The highest BCUT2D eigenvalue weighted by Gasteiger charge is 2.30. The maximum Gasteiger partial charge on any atom is 0.249 e. The van der Waals surface area contributed by atoms with Gasteiger partial charge in [0, 0.05) is 24.7 Å². The predicted octanol–water partition coefficient (Wildman–Crippen LogP) is 1.86. The maximum absolute atomic E-state index is 13.5. The van der Waals surface area contributed by atoms with Crippen molar-refractivity contribution in [3.8, 4) is 5.75 Å². The third-order valence-corrected chi connectivity index (χ3v) is 3.49. The molecule has 1 saturated heterocycles. The number of nitrogens with zero attached hydrogens (tertiary/aromatic N) is 1. The molecule has 1 N–H and O–H groups in total. The molecule has 6 heteroatoms. The van der Waals surface area contributed by atoms with Gasteiger partial charge in [0.05, 0.1) is 7.11 Å². The van der Waals surface area contributed by atoms with Gasteiger partial charge in [-0.15, -0.1) is 0 Å². The first-order chi connectivity index (χ1) is 10.1. The van der Waals surface area contributed by atoms with Crippen molar-refractivity contribution >= 4 is 17.5 Å². The number of ether oxygens (including phenoxy) is 1. The van der Waals surface area contributed by atoms with E-state index in [1.807, 2.05) is 6.92 Å². The van der Waals surface area contributed by atoms with Crippen LogP contribution in [-0.4, -0.2) is 31.5 Å². The lowest BCUT2D eigenvalue weighted by Gasteiger charge is -2.24. The zero-order chi connectivity index (χ0) is 15.4. The molecule has 0 spiro atoms. The van der Waals surface area contributed by atoms with Crippen molar-refractivity contribution in [2.24, 2.45) is 0 Å². The van der Waals surface area contributed by atoms with E-state index in [0.717, 1.165) is 6.42 Å². The molecule has 2 rings (SSSR count). The summed E-state index contributed by atoms with van der Waals surface area (Å²) in [5.41, 5.74) is 0.538. The number of benzene rings is 1. The molecule has 1 unspecified atom stereocenters. The number of halogens is 1. The largest absolute Gasteiger partial charge is 0.494 e. The molecule has 0 radical (unpaired) electrons. The molecule has 0 saturated carbocycles. The van der Waals surface area contributed by atoms with Crippen LogP contribution < -0.4 is 15.0 Å². The second-order valence-electron chi connectivity index (χ2n) is 4.97. The summed E-state index contributed by atoms with van der Waals surface area (Å²) in [5.74, 6) is -0.714. The molecule has 21 heavy (non-hydrogen) atoms. The molecule has 0 aromatic heterocycles. The summed E-state index contributed by atoms with van der Waals surface area (Å²) in [4.78, 5) is 25.7. The average molecular weight is 294 g/mol. The topological polar surface area (TPSA) is 58.6 Å². The first-order valence-corrected chi connectivity index (χ1v) is 7.01. The number of carbonyl (C=O) groups is 2. The molecule has 1 aliphatic heterocycles. The molecule has 1 fully saturated rings. The Morgan fingerprint density at radius 3 is 2.86 bits per heavy atom. The number of anilines is 1. The highest BCUT2D eigenvalue weighted by molar-refractivity contribution is 6.01. The molecular weight excluding hydrogens is 275 g/mol. The van der Waals surface area contributed by atoms with Crippen molar-refractivity contribution in [3.63, 3.8) is 0 Å². The summed E-state index contributed by atoms with van der Waals surface area (Å²) < 4.78 is 18.4. The van der Waals surface area contributed by atoms with E-state index in [-0.39, 0.29) is 30.5 Å². The van der Waals surface area contributed by atoms with Crippen molar-refractivity contribution < 1.29 is 18.7 Å². The monoisotopic (exact) mass is 294 g/mol. The van der Waals surface area contributed by atoms with Crippen LogP contribution in [0.15, 0.2) is 18.2 Å². The Morgan fingerprint density at radius 2 is 2.19 bits per heavy atom. The van der Waals surface area contributed by atoms with Gasteiger partial charge in [-0.2, -0.15) is 0 Å². The Bertz CT molecular complexity index is 548.